The van der Waals surface area contributed by atoms with Crippen molar-refractivity contribution in [3.8, 4) is 89.4 Å². The maximum absolute atomic E-state index is 5.64. The molecule has 0 aliphatic carbocycles. The molecule has 0 bridgehead atoms. The minimum absolute atomic E-state index is 0.689. The maximum Gasteiger partial charge on any atom is 0.160 e. The van der Waals surface area contributed by atoms with Gasteiger partial charge in [-0.2, -0.15) is 0 Å². The number of para-hydroxylation sites is 2. The molecule has 4 nitrogen and oxygen atoms in total. The van der Waals surface area contributed by atoms with Gasteiger partial charge in [-0.1, -0.05) is 200 Å². The van der Waals surface area contributed by atoms with E-state index in [0.29, 0.717) is 5.82 Å². The van der Waals surface area contributed by atoms with Crippen molar-refractivity contribution in [2.45, 2.75) is 13.8 Å². The summed E-state index contributed by atoms with van der Waals surface area (Å²) in [6.45, 7) is 5.27. The summed E-state index contributed by atoms with van der Waals surface area (Å²) in [5, 5.41) is 2.12. The summed E-state index contributed by atoms with van der Waals surface area (Å²) >= 11 is 0. The van der Waals surface area contributed by atoms with Crippen molar-refractivity contribution in [3.05, 3.63) is 235 Å². The summed E-state index contributed by atoms with van der Waals surface area (Å²) in [6.07, 6.45) is 6.33. The molecular weight excluding hydrogens is 837 g/mol. The van der Waals surface area contributed by atoms with Crippen molar-refractivity contribution >= 4 is 33.6 Å². The Bertz CT molecular complexity index is 3760. The van der Waals surface area contributed by atoms with Gasteiger partial charge in [0.2, 0.25) is 0 Å². The molecular formula is C65H48N4. The molecule has 0 unspecified atom stereocenters. The highest BCUT2D eigenvalue weighted by Crippen LogP contribution is 2.43. The van der Waals surface area contributed by atoms with Crippen LogP contribution in [-0.2, 0) is 0 Å². The number of aryl methyl sites for hydroxylation is 2. The standard InChI is InChI=1S/C65H48N4/c1-42-38-53(58-23-11-19-51-21-13-37-69(3)64(51)58)32-34-55(42)62-60-41-54(48-26-24-46(25-27-48)44-14-6-4-7-15-44)40-59(49-30-28-47(29-31-49)45-16-8-5-9-17-45)63(60)68-65(67-62)56-35-33-52(39-43(56)2)57-22-10-18-50-20-12-36-66-61(50)57/h4-36,38-41H,37H2,1-3H3. The monoisotopic (exact) mass is 884 g/mol. The summed E-state index contributed by atoms with van der Waals surface area (Å²) in [5.41, 5.74) is 23.3. The molecule has 328 valence electrons. The van der Waals surface area contributed by atoms with E-state index in [0.717, 1.165) is 89.7 Å². The van der Waals surface area contributed by atoms with Crippen molar-refractivity contribution in [2.24, 2.45) is 0 Å². The van der Waals surface area contributed by atoms with Crippen LogP contribution in [-0.4, -0.2) is 28.5 Å². The number of rotatable bonds is 8. The van der Waals surface area contributed by atoms with Crippen LogP contribution in [0.25, 0.3) is 117 Å². The van der Waals surface area contributed by atoms with Gasteiger partial charge in [-0.05, 0) is 98.8 Å². The van der Waals surface area contributed by atoms with Crippen LogP contribution in [0.5, 0.6) is 0 Å². The van der Waals surface area contributed by atoms with E-state index in [-0.39, 0.29) is 0 Å². The smallest absolute Gasteiger partial charge is 0.160 e. The van der Waals surface area contributed by atoms with Gasteiger partial charge in [0.05, 0.1) is 22.4 Å². The Balaban J connectivity index is 1.08. The zero-order valence-electron chi connectivity index (χ0n) is 38.9. The van der Waals surface area contributed by atoms with Crippen LogP contribution in [0.2, 0.25) is 0 Å². The lowest BCUT2D eigenvalue weighted by Crippen LogP contribution is -2.21. The molecule has 1 aliphatic rings. The highest BCUT2D eigenvalue weighted by Gasteiger charge is 2.22. The lowest BCUT2D eigenvalue weighted by Gasteiger charge is -2.27. The summed E-state index contributed by atoms with van der Waals surface area (Å²) in [4.78, 5) is 18.4. The molecule has 4 heteroatoms. The second kappa shape index (κ2) is 17.5. The molecule has 0 radical (unpaired) electrons. The van der Waals surface area contributed by atoms with Gasteiger partial charge in [0.15, 0.2) is 5.82 Å². The van der Waals surface area contributed by atoms with Crippen molar-refractivity contribution in [1.82, 2.24) is 15.0 Å². The van der Waals surface area contributed by atoms with Crippen LogP contribution in [0.1, 0.15) is 16.7 Å². The maximum atomic E-state index is 5.64. The number of anilines is 1. The first kappa shape index (κ1) is 41.7. The molecule has 0 saturated heterocycles. The molecule has 0 atom stereocenters. The Morgan fingerprint density at radius 2 is 0.971 bits per heavy atom. The van der Waals surface area contributed by atoms with Crippen molar-refractivity contribution in [1.29, 1.82) is 0 Å². The molecule has 9 aromatic carbocycles. The Hall–Kier alpha value is -8.73. The minimum atomic E-state index is 0.689. The minimum Gasteiger partial charge on any atom is -0.370 e. The SMILES string of the molecule is Cc1cc(-c2cccc3cccnc23)ccc1-c1nc(-c2ccc(-c3cccc4c3N(C)CC=C4)cc2C)c2cc(-c3ccc(-c4ccccc4)cc3)cc(-c3ccc(-c4ccccc4)cc3)c2n1. The number of nitrogens with zero attached hydrogens (tertiary/aromatic N) is 4. The Kier molecular flexibility index (Phi) is 10.6. The average Bonchev–Trinajstić information content (AvgIpc) is 3.40. The third-order valence-electron chi connectivity index (χ3n) is 13.8. The van der Waals surface area contributed by atoms with Gasteiger partial charge in [-0.25, -0.2) is 9.97 Å². The summed E-state index contributed by atoms with van der Waals surface area (Å²) < 4.78 is 0. The molecule has 69 heavy (non-hydrogen) atoms. The van der Waals surface area contributed by atoms with E-state index in [1.54, 1.807) is 0 Å². The summed E-state index contributed by atoms with van der Waals surface area (Å²) in [5.74, 6) is 0.689. The molecule has 3 heterocycles. The van der Waals surface area contributed by atoms with Gasteiger partial charge in [-0.3, -0.25) is 4.98 Å². The zero-order valence-corrected chi connectivity index (χ0v) is 38.9. The van der Waals surface area contributed by atoms with Crippen LogP contribution in [0.4, 0.5) is 5.69 Å². The molecule has 0 spiro atoms. The number of benzene rings is 9. The van der Waals surface area contributed by atoms with Crippen LogP contribution < -0.4 is 4.90 Å². The molecule has 1 aliphatic heterocycles. The average molecular weight is 885 g/mol. The van der Waals surface area contributed by atoms with E-state index in [2.05, 4.69) is 238 Å². The van der Waals surface area contributed by atoms with Crippen LogP contribution in [0.15, 0.2) is 219 Å². The third-order valence-corrected chi connectivity index (χ3v) is 13.8. The Labute approximate surface area is 403 Å². The topological polar surface area (TPSA) is 41.9 Å². The summed E-state index contributed by atoms with van der Waals surface area (Å²) in [7, 11) is 2.18. The first-order valence-electron chi connectivity index (χ1n) is 23.7. The molecule has 0 N–H and O–H groups in total. The third kappa shape index (κ3) is 7.76. The number of likely N-dealkylation sites (N-methyl/N-ethyl adjacent to an activating group) is 1. The van der Waals surface area contributed by atoms with Gasteiger partial charge < -0.3 is 4.90 Å². The molecule has 11 aromatic rings. The van der Waals surface area contributed by atoms with Gasteiger partial charge in [0, 0.05) is 58.4 Å². The molecule has 12 rings (SSSR count). The normalized spacial score (nSPS) is 12.1. The van der Waals surface area contributed by atoms with Gasteiger partial charge >= 0.3 is 0 Å². The highest BCUT2D eigenvalue weighted by atomic mass is 15.1. The van der Waals surface area contributed by atoms with Crippen molar-refractivity contribution in [2.75, 3.05) is 18.5 Å². The Morgan fingerprint density at radius 3 is 1.65 bits per heavy atom. The lowest BCUT2D eigenvalue weighted by molar-refractivity contribution is 1.02. The fourth-order valence-electron chi connectivity index (χ4n) is 10.2. The second-order valence-electron chi connectivity index (χ2n) is 18.2. The van der Waals surface area contributed by atoms with Gasteiger partial charge in [0.25, 0.3) is 0 Å². The fraction of sp³-hybridized carbons (Fsp3) is 0.0615. The summed E-state index contributed by atoms with van der Waals surface area (Å²) in [6, 6.07) is 74.2. The first-order chi connectivity index (χ1) is 33.9. The quantitative estimate of drug-likeness (QED) is 0.152. The number of hydrogen-bond acceptors (Lipinski definition) is 4. The van der Waals surface area contributed by atoms with Crippen LogP contribution in [0.3, 0.4) is 0 Å². The first-order valence-corrected chi connectivity index (χ1v) is 23.7. The van der Waals surface area contributed by atoms with Crippen molar-refractivity contribution < 1.29 is 0 Å². The van der Waals surface area contributed by atoms with E-state index < -0.39 is 0 Å². The fourth-order valence-corrected chi connectivity index (χ4v) is 10.2. The van der Waals surface area contributed by atoms with Crippen molar-refractivity contribution in [3.63, 3.8) is 0 Å². The molecule has 0 amide bonds. The number of hydrogen-bond donors (Lipinski definition) is 0. The number of aromatic nitrogens is 3. The van der Waals surface area contributed by atoms with E-state index in [9.17, 15) is 0 Å². The van der Waals surface area contributed by atoms with Gasteiger partial charge in [0.1, 0.15) is 0 Å². The number of pyridine rings is 1. The largest absolute Gasteiger partial charge is 0.370 e. The Morgan fingerprint density at radius 1 is 0.406 bits per heavy atom. The molecule has 2 aromatic heterocycles. The van der Waals surface area contributed by atoms with E-state index in [1.165, 1.54) is 44.6 Å². The highest BCUT2D eigenvalue weighted by molar-refractivity contribution is 6.05. The van der Waals surface area contributed by atoms with Crippen LogP contribution >= 0.6 is 0 Å². The lowest BCUT2D eigenvalue weighted by atomic mass is 9.90. The predicted molar refractivity (Wildman–Crippen MR) is 290 cm³/mol. The van der Waals surface area contributed by atoms with E-state index in [1.807, 2.05) is 12.3 Å². The van der Waals surface area contributed by atoms with E-state index in [4.69, 9.17) is 15.0 Å². The molecule has 0 saturated carbocycles. The predicted octanol–water partition coefficient (Wildman–Crippen LogP) is 16.6. The zero-order chi connectivity index (χ0) is 46.4. The van der Waals surface area contributed by atoms with Gasteiger partial charge in [-0.15, -0.1) is 0 Å². The van der Waals surface area contributed by atoms with E-state index >= 15 is 0 Å². The van der Waals surface area contributed by atoms with Crippen LogP contribution in [0, 0.1) is 13.8 Å². The number of fused-ring (bicyclic) bond motifs is 3. The second-order valence-corrected chi connectivity index (χ2v) is 18.2. The molecule has 0 fully saturated rings.